The molecule has 0 radical (unpaired) electrons. The Morgan fingerprint density at radius 2 is 1.85 bits per heavy atom. The van der Waals surface area contributed by atoms with Gasteiger partial charge in [0.05, 0.1) is 30.8 Å². The van der Waals surface area contributed by atoms with Crippen LogP contribution in [0.15, 0.2) is 60.8 Å². The van der Waals surface area contributed by atoms with Crippen LogP contribution in [-0.4, -0.2) is 55.9 Å². The van der Waals surface area contributed by atoms with Gasteiger partial charge >= 0.3 is 0 Å². The maximum atomic E-state index is 13.5. The highest BCUT2D eigenvalue weighted by atomic mass is 32.1. The molecule has 0 unspecified atom stereocenters. The van der Waals surface area contributed by atoms with Crippen molar-refractivity contribution >= 4 is 34.4 Å². The molecule has 47 heavy (non-hydrogen) atoms. The number of nitrogens with zero attached hydrogens (tertiary/aromatic N) is 6. The van der Waals surface area contributed by atoms with Crippen molar-refractivity contribution in [2.24, 2.45) is 7.05 Å². The van der Waals surface area contributed by atoms with Crippen LogP contribution in [0.5, 0.6) is 17.2 Å². The van der Waals surface area contributed by atoms with Gasteiger partial charge in [-0.05, 0) is 37.6 Å². The van der Waals surface area contributed by atoms with Crippen LogP contribution in [0.1, 0.15) is 43.9 Å². The van der Waals surface area contributed by atoms with Crippen molar-refractivity contribution in [3.63, 3.8) is 0 Å². The van der Waals surface area contributed by atoms with Crippen molar-refractivity contribution in [2.45, 2.75) is 33.5 Å². The summed E-state index contributed by atoms with van der Waals surface area (Å²) in [4.78, 5) is 36.0. The van der Waals surface area contributed by atoms with Crippen molar-refractivity contribution in [3.05, 3.63) is 88.2 Å². The van der Waals surface area contributed by atoms with Crippen molar-refractivity contribution in [1.29, 1.82) is 0 Å². The maximum absolute atomic E-state index is 13.5. The van der Waals surface area contributed by atoms with Gasteiger partial charge in [0.15, 0.2) is 12.0 Å². The number of pyridine rings is 1. The fourth-order valence-corrected chi connectivity index (χ4v) is 6.22. The zero-order valence-corrected chi connectivity index (χ0v) is 27.4. The largest absolute Gasteiger partial charge is 0.497 e. The van der Waals surface area contributed by atoms with Gasteiger partial charge in [-0.25, -0.2) is 9.97 Å². The predicted octanol–water partition coefficient (Wildman–Crippen LogP) is 5.62. The Bertz CT molecular complexity index is 2080. The van der Waals surface area contributed by atoms with Crippen LogP contribution in [0.4, 0.5) is 0 Å². The molecule has 0 aliphatic rings. The molecule has 4 aromatic heterocycles. The van der Waals surface area contributed by atoms with Gasteiger partial charge in [-0.3, -0.25) is 19.0 Å². The van der Waals surface area contributed by atoms with Crippen LogP contribution in [0.3, 0.4) is 0 Å². The number of thiazole rings is 1. The van der Waals surface area contributed by atoms with E-state index in [1.165, 1.54) is 11.3 Å². The van der Waals surface area contributed by atoms with E-state index < -0.39 is 5.91 Å². The summed E-state index contributed by atoms with van der Waals surface area (Å²) in [6, 6.07) is 16.9. The molecule has 0 spiro atoms. The summed E-state index contributed by atoms with van der Waals surface area (Å²) in [7, 11) is 4.92. The summed E-state index contributed by atoms with van der Waals surface area (Å²) in [6.45, 7) is 4.97. The van der Waals surface area contributed by atoms with Gasteiger partial charge < -0.3 is 19.5 Å². The fourth-order valence-electron chi connectivity index (χ4n) is 5.29. The lowest BCUT2D eigenvalue weighted by molar-refractivity contribution is 0.0945. The molecule has 240 valence electrons. The first-order chi connectivity index (χ1) is 22.8. The third kappa shape index (κ3) is 6.17. The zero-order valence-electron chi connectivity index (χ0n) is 26.6. The Morgan fingerprint density at radius 3 is 2.57 bits per heavy atom. The molecule has 0 aliphatic carbocycles. The molecule has 13 heteroatoms. The van der Waals surface area contributed by atoms with Crippen molar-refractivity contribution in [2.75, 3.05) is 14.2 Å². The number of nitrogens with one attached hydrogen (secondary N) is 1. The SMILES string of the molecule is CCn1nc(C)c(OCc2ccccc2)c1-c1nc(-c2nc(C(=O)NCc3ccc(OC)cc3OC)cc3c2cnn3C)c(C=O)s1. The number of methoxy groups -OCH3 is 2. The normalized spacial score (nSPS) is 11.1. The smallest absolute Gasteiger partial charge is 0.270 e. The molecule has 0 fully saturated rings. The number of amides is 1. The van der Waals surface area contributed by atoms with Crippen molar-refractivity contribution < 1.29 is 23.8 Å². The van der Waals surface area contributed by atoms with Crippen LogP contribution in [0.2, 0.25) is 0 Å². The number of aldehydes is 1. The molecule has 0 atom stereocenters. The van der Waals surface area contributed by atoms with Gasteiger partial charge in [0.1, 0.15) is 51.6 Å². The first-order valence-corrected chi connectivity index (χ1v) is 15.7. The monoisotopic (exact) mass is 651 g/mol. The number of benzene rings is 2. The number of ether oxygens (including phenoxy) is 3. The molecule has 1 N–H and O–H groups in total. The zero-order chi connectivity index (χ0) is 33.1. The van der Waals surface area contributed by atoms with Crippen LogP contribution >= 0.6 is 11.3 Å². The summed E-state index contributed by atoms with van der Waals surface area (Å²) in [6.07, 6.45) is 2.41. The average Bonchev–Trinajstić information content (AvgIpc) is 3.80. The van der Waals surface area contributed by atoms with Crippen LogP contribution in [0, 0.1) is 6.92 Å². The van der Waals surface area contributed by atoms with Crippen molar-refractivity contribution in [1.82, 2.24) is 34.8 Å². The lowest BCUT2D eigenvalue weighted by Gasteiger charge is -2.12. The number of carbonyl (C=O) groups excluding carboxylic acids is 2. The van der Waals surface area contributed by atoms with Crippen LogP contribution in [-0.2, 0) is 26.7 Å². The third-order valence-electron chi connectivity index (χ3n) is 7.70. The van der Waals surface area contributed by atoms with Gasteiger partial charge in [-0.1, -0.05) is 30.3 Å². The Kier molecular flexibility index (Phi) is 8.98. The molecule has 2 aromatic carbocycles. The van der Waals surface area contributed by atoms with E-state index in [0.717, 1.165) is 17.4 Å². The van der Waals surface area contributed by atoms with E-state index in [0.29, 0.717) is 74.0 Å². The fraction of sp³-hybridized carbons (Fsp3) is 0.235. The molecule has 6 rings (SSSR count). The van der Waals surface area contributed by atoms with Gasteiger partial charge in [0.2, 0.25) is 0 Å². The predicted molar refractivity (Wildman–Crippen MR) is 178 cm³/mol. The topological polar surface area (TPSA) is 135 Å². The van der Waals surface area contributed by atoms with Gasteiger partial charge in [-0.15, -0.1) is 11.3 Å². The summed E-state index contributed by atoms with van der Waals surface area (Å²) in [5.74, 6) is 1.41. The summed E-state index contributed by atoms with van der Waals surface area (Å²) >= 11 is 1.22. The van der Waals surface area contributed by atoms with Gasteiger partial charge in [0.25, 0.3) is 5.91 Å². The lowest BCUT2D eigenvalue weighted by Crippen LogP contribution is -2.24. The van der Waals surface area contributed by atoms with E-state index in [1.54, 1.807) is 50.3 Å². The second kappa shape index (κ2) is 13.4. The Morgan fingerprint density at radius 1 is 1.04 bits per heavy atom. The van der Waals surface area contributed by atoms with E-state index >= 15 is 0 Å². The highest BCUT2D eigenvalue weighted by molar-refractivity contribution is 7.17. The molecule has 0 aliphatic heterocycles. The molecule has 6 aromatic rings. The Hall–Kier alpha value is -5.56. The van der Waals surface area contributed by atoms with E-state index in [2.05, 4.69) is 15.5 Å². The Balaban J connectivity index is 1.38. The number of rotatable bonds is 12. The summed E-state index contributed by atoms with van der Waals surface area (Å²) in [5, 5.41) is 13.2. The molecule has 4 heterocycles. The van der Waals surface area contributed by atoms with E-state index in [9.17, 15) is 9.59 Å². The second-order valence-electron chi connectivity index (χ2n) is 10.6. The number of hydrogen-bond donors (Lipinski definition) is 1. The minimum Gasteiger partial charge on any atom is -0.497 e. The average molecular weight is 652 g/mol. The minimum atomic E-state index is -0.411. The van der Waals surface area contributed by atoms with Crippen LogP contribution in [0.25, 0.3) is 33.0 Å². The van der Waals surface area contributed by atoms with E-state index in [-0.39, 0.29) is 12.2 Å². The Labute approximate surface area is 274 Å². The first kappa shape index (κ1) is 31.4. The van der Waals surface area contributed by atoms with E-state index in [1.807, 2.05) is 54.9 Å². The van der Waals surface area contributed by atoms with E-state index in [4.69, 9.17) is 24.2 Å². The highest BCUT2D eigenvalue weighted by Gasteiger charge is 2.26. The molecule has 0 saturated heterocycles. The quantitative estimate of drug-likeness (QED) is 0.167. The summed E-state index contributed by atoms with van der Waals surface area (Å²) in [5.41, 5.74) is 4.69. The third-order valence-corrected chi connectivity index (χ3v) is 8.68. The highest BCUT2D eigenvalue weighted by Crippen LogP contribution is 2.40. The van der Waals surface area contributed by atoms with Gasteiger partial charge in [0, 0.05) is 37.2 Å². The number of aromatic nitrogens is 6. The summed E-state index contributed by atoms with van der Waals surface area (Å²) < 4.78 is 20.5. The molecule has 0 bridgehead atoms. The minimum absolute atomic E-state index is 0.149. The molecule has 0 saturated carbocycles. The van der Waals surface area contributed by atoms with Crippen molar-refractivity contribution in [3.8, 4) is 39.3 Å². The standard InChI is InChI=1S/C34H33N7O5S/c1-6-41-31(32(20(2)39-41)46-19-21-10-8-7-9-11-21)34-38-30(28(18-42)47-34)29-24-17-36-40(3)26(24)15-25(37-29)33(43)35-16-22-12-13-23(44-4)14-27(22)45-5/h7-15,17-18H,6,16,19H2,1-5H3,(H,35,43). The number of aryl methyl sites for hydroxylation is 3. The number of hydrogen-bond acceptors (Lipinski definition) is 10. The molecule has 1 amide bonds. The molecular formula is C34H33N7O5S. The first-order valence-electron chi connectivity index (χ1n) is 14.9. The van der Waals surface area contributed by atoms with Crippen LogP contribution < -0.4 is 19.5 Å². The number of carbonyl (C=O) groups is 2. The second-order valence-corrected chi connectivity index (χ2v) is 11.7. The number of fused-ring (bicyclic) bond motifs is 1. The molecular weight excluding hydrogens is 618 g/mol. The lowest BCUT2D eigenvalue weighted by atomic mass is 10.1. The maximum Gasteiger partial charge on any atom is 0.270 e. The van der Waals surface area contributed by atoms with Gasteiger partial charge in [-0.2, -0.15) is 10.2 Å². The molecule has 12 nitrogen and oxygen atoms in total.